The number of hydrogen-bond donors (Lipinski definition) is 2. The molecule has 5 nitrogen and oxygen atoms in total. The molecule has 2 aromatic rings. The lowest BCUT2D eigenvalue weighted by molar-refractivity contribution is 0.580. The van der Waals surface area contributed by atoms with Crippen molar-refractivity contribution in [1.29, 1.82) is 0 Å². The highest BCUT2D eigenvalue weighted by Gasteiger charge is 2.20. The summed E-state index contributed by atoms with van der Waals surface area (Å²) in [6.07, 6.45) is 0. The average molecular weight is 346 g/mol. The van der Waals surface area contributed by atoms with Crippen LogP contribution in [0.25, 0.3) is 0 Å². The van der Waals surface area contributed by atoms with Crippen molar-refractivity contribution < 1.29 is 8.42 Å². The summed E-state index contributed by atoms with van der Waals surface area (Å²) in [5.74, 6) is 0. The number of sulfonamides is 1. The van der Waals surface area contributed by atoms with Crippen molar-refractivity contribution in [3.8, 4) is 0 Å². The second kappa shape index (κ2) is 6.19. The van der Waals surface area contributed by atoms with Gasteiger partial charge in [-0.05, 0) is 31.2 Å². The smallest absolute Gasteiger partial charge is 0.242 e. The highest BCUT2D eigenvalue weighted by Crippen LogP contribution is 2.32. The first-order valence-corrected chi connectivity index (χ1v) is 8.21. The summed E-state index contributed by atoms with van der Waals surface area (Å²) in [6.45, 7) is 1.89. The quantitative estimate of drug-likeness (QED) is 0.834. The average Bonchev–Trinajstić information content (AvgIpc) is 2.43. The van der Waals surface area contributed by atoms with Crippen LogP contribution >= 0.6 is 23.2 Å². The third-order valence-corrected chi connectivity index (χ3v) is 5.06. The highest BCUT2D eigenvalue weighted by molar-refractivity contribution is 7.89. The highest BCUT2D eigenvalue weighted by atomic mass is 35.5. The van der Waals surface area contributed by atoms with Crippen LogP contribution in [0.1, 0.15) is 11.4 Å². The zero-order valence-electron chi connectivity index (χ0n) is 11.1. The van der Waals surface area contributed by atoms with Gasteiger partial charge in [0.05, 0.1) is 28.0 Å². The van der Waals surface area contributed by atoms with Crippen LogP contribution in [0.4, 0.5) is 5.69 Å². The summed E-state index contributed by atoms with van der Waals surface area (Å²) >= 11 is 11.7. The zero-order chi connectivity index (χ0) is 15.6. The number of halogens is 2. The Hall–Kier alpha value is -1.34. The van der Waals surface area contributed by atoms with Gasteiger partial charge in [-0.3, -0.25) is 4.98 Å². The van der Waals surface area contributed by atoms with Gasteiger partial charge in [0.15, 0.2) is 0 Å². The Morgan fingerprint density at radius 3 is 2.62 bits per heavy atom. The predicted octanol–water partition coefficient (Wildman–Crippen LogP) is 2.76. The van der Waals surface area contributed by atoms with Crippen molar-refractivity contribution in [3.63, 3.8) is 0 Å². The Morgan fingerprint density at radius 2 is 1.95 bits per heavy atom. The fourth-order valence-electron chi connectivity index (χ4n) is 1.70. The number of anilines is 1. The summed E-state index contributed by atoms with van der Waals surface area (Å²) in [5.41, 5.74) is 7.09. The number of nitrogens with one attached hydrogen (secondary N) is 1. The maximum atomic E-state index is 12.3. The number of benzene rings is 1. The van der Waals surface area contributed by atoms with Crippen molar-refractivity contribution in [2.75, 3.05) is 5.73 Å². The maximum absolute atomic E-state index is 12.3. The standard InChI is InChI=1S/C13H13Cl2N3O2S/c1-8-3-2-4-9(18-8)7-17-21(19,20)11-6-5-10(14)13(16)12(11)15/h2-6,17H,7,16H2,1H3. The molecule has 1 heterocycles. The van der Waals surface area contributed by atoms with Gasteiger partial charge >= 0.3 is 0 Å². The molecule has 0 aliphatic heterocycles. The first-order valence-electron chi connectivity index (χ1n) is 5.97. The molecule has 1 aromatic carbocycles. The van der Waals surface area contributed by atoms with Crippen LogP contribution in [0.5, 0.6) is 0 Å². The largest absolute Gasteiger partial charge is 0.396 e. The first kappa shape index (κ1) is 16.0. The van der Waals surface area contributed by atoms with Gasteiger partial charge in [0, 0.05) is 5.69 Å². The van der Waals surface area contributed by atoms with Gasteiger partial charge in [-0.15, -0.1) is 0 Å². The van der Waals surface area contributed by atoms with Gasteiger partial charge in [0.25, 0.3) is 0 Å². The number of rotatable bonds is 4. The number of nitrogens with two attached hydrogens (primary N) is 1. The van der Waals surface area contributed by atoms with E-state index in [4.69, 9.17) is 28.9 Å². The minimum Gasteiger partial charge on any atom is -0.396 e. The van der Waals surface area contributed by atoms with Crippen LogP contribution < -0.4 is 10.5 Å². The van der Waals surface area contributed by atoms with Crippen molar-refractivity contribution in [3.05, 3.63) is 51.8 Å². The van der Waals surface area contributed by atoms with E-state index >= 15 is 0 Å². The topological polar surface area (TPSA) is 85.1 Å². The number of nitrogens with zero attached hydrogens (tertiary/aromatic N) is 1. The number of nitrogen functional groups attached to an aromatic ring is 1. The summed E-state index contributed by atoms with van der Waals surface area (Å²) in [6, 6.07) is 8.07. The van der Waals surface area contributed by atoms with E-state index in [1.807, 2.05) is 13.0 Å². The molecule has 0 saturated heterocycles. The lowest BCUT2D eigenvalue weighted by Crippen LogP contribution is -2.24. The van der Waals surface area contributed by atoms with Crippen LogP contribution in [0.15, 0.2) is 35.2 Å². The predicted molar refractivity (Wildman–Crippen MR) is 83.9 cm³/mol. The fraction of sp³-hybridized carbons (Fsp3) is 0.154. The number of hydrogen-bond acceptors (Lipinski definition) is 4. The lowest BCUT2D eigenvalue weighted by Gasteiger charge is -2.10. The molecule has 21 heavy (non-hydrogen) atoms. The Balaban J connectivity index is 2.25. The van der Waals surface area contributed by atoms with Gasteiger partial charge < -0.3 is 5.73 Å². The van der Waals surface area contributed by atoms with Crippen molar-refractivity contribution >= 4 is 38.9 Å². The molecule has 1 aromatic heterocycles. The molecule has 0 fully saturated rings. The van der Waals surface area contributed by atoms with Crippen molar-refractivity contribution in [2.24, 2.45) is 0 Å². The van der Waals surface area contributed by atoms with E-state index in [1.165, 1.54) is 12.1 Å². The molecule has 112 valence electrons. The molecule has 0 unspecified atom stereocenters. The molecule has 0 atom stereocenters. The SMILES string of the molecule is Cc1cccc(CNS(=O)(=O)c2ccc(Cl)c(N)c2Cl)n1. The summed E-state index contributed by atoms with van der Waals surface area (Å²) in [5, 5.41) is 0.117. The van der Waals surface area contributed by atoms with Crippen LogP contribution in [0.2, 0.25) is 10.0 Å². The molecule has 0 amide bonds. The molecular weight excluding hydrogens is 333 g/mol. The van der Waals surface area contributed by atoms with Crippen molar-refractivity contribution in [2.45, 2.75) is 18.4 Å². The van der Waals surface area contributed by atoms with E-state index in [0.29, 0.717) is 5.69 Å². The van der Waals surface area contributed by atoms with Crippen LogP contribution in [-0.2, 0) is 16.6 Å². The Morgan fingerprint density at radius 1 is 1.24 bits per heavy atom. The van der Waals surface area contributed by atoms with Crippen molar-refractivity contribution in [1.82, 2.24) is 9.71 Å². The Labute approximate surface area is 133 Å². The fourth-order valence-corrected chi connectivity index (χ4v) is 3.46. The van der Waals surface area contributed by atoms with E-state index in [1.54, 1.807) is 12.1 Å². The third kappa shape index (κ3) is 3.65. The normalized spacial score (nSPS) is 11.6. The number of pyridine rings is 1. The molecular formula is C13H13Cl2N3O2S. The number of aryl methyl sites for hydroxylation is 1. The second-order valence-electron chi connectivity index (χ2n) is 4.37. The summed E-state index contributed by atoms with van der Waals surface area (Å²) in [4.78, 5) is 4.11. The molecule has 8 heteroatoms. The molecule has 0 aliphatic carbocycles. The number of aromatic nitrogens is 1. The monoisotopic (exact) mass is 345 g/mol. The van der Waals surface area contributed by atoms with E-state index in [0.717, 1.165) is 5.69 Å². The van der Waals surface area contributed by atoms with Gasteiger partial charge in [0.1, 0.15) is 4.90 Å². The second-order valence-corrected chi connectivity index (χ2v) is 6.89. The molecule has 0 radical (unpaired) electrons. The molecule has 2 rings (SSSR count). The van der Waals surface area contributed by atoms with E-state index < -0.39 is 10.0 Å². The van der Waals surface area contributed by atoms with Gasteiger partial charge in [-0.2, -0.15) is 0 Å². The molecule has 0 bridgehead atoms. The maximum Gasteiger partial charge on any atom is 0.242 e. The zero-order valence-corrected chi connectivity index (χ0v) is 13.4. The minimum atomic E-state index is -3.80. The van der Waals surface area contributed by atoms with Crippen LogP contribution in [0.3, 0.4) is 0 Å². The molecule has 0 spiro atoms. The minimum absolute atomic E-state index is 0.0369. The molecule has 3 N–H and O–H groups in total. The van der Waals surface area contributed by atoms with Crippen LogP contribution in [0, 0.1) is 6.92 Å². The van der Waals surface area contributed by atoms with Crippen LogP contribution in [-0.4, -0.2) is 13.4 Å². The Kier molecular flexibility index (Phi) is 4.73. The third-order valence-electron chi connectivity index (χ3n) is 2.77. The summed E-state index contributed by atoms with van der Waals surface area (Å²) in [7, 11) is -3.80. The molecule has 0 saturated carbocycles. The molecule has 0 aliphatic rings. The summed E-state index contributed by atoms with van der Waals surface area (Å²) < 4.78 is 26.9. The van der Waals surface area contributed by atoms with E-state index in [9.17, 15) is 8.42 Å². The van der Waals surface area contributed by atoms with E-state index in [-0.39, 0.29) is 27.2 Å². The van der Waals surface area contributed by atoms with Gasteiger partial charge in [-0.25, -0.2) is 13.1 Å². The van der Waals surface area contributed by atoms with E-state index in [2.05, 4.69) is 9.71 Å². The van der Waals surface area contributed by atoms with Gasteiger partial charge in [-0.1, -0.05) is 29.3 Å². The van der Waals surface area contributed by atoms with Gasteiger partial charge in [0.2, 0.25) is 10.0 Å². The lowest BCUT2D eigenvalue weighted by atomic mass is 10.3. The Bertz CT molecular complexity index is 779. The first-order chi connectivity index (χ1) is 9.81.